The second-order valence-electron chi connectivity index (χ2n) is 2.95. The molecule has 3 heteroatoms. The summed E-state index contributed by atoms with van der Waals surface area (Å²) in [6, 6.07) is -0.0255. The molecule has 0 spiro atoms. The molecular formula is C7H13NO2. The molecule has 0 aromatic heterocycles. The normalized spacial score (nSPS) is 39.9. The summed E-state index contributed by atoms with van der Waals surface area (Å²) < 4.78 is 0. The molecule has 1 fully saturated rings. The van der Waals surface area contributed by atoms with Crippen LogP contribution in [0, 0.1) is 11.8 Å². The van der Waals surface area contributed by atoms with Crippen molar-refractivity contribution in [1.29, 1.82) is 0 Å². The first-order chi connectivity index (χ1) is 4.66. The van der Waals surface area contributed by atoms with Crippen molar-refractivity contribution in [2.24, 2.45) is 11.8 Å². The number of nitrogens with one attached hydrogen (secondary N) is 1. The van der Waals surface area contributed by atoms with Crippen LogP contribution in [-0.2, 0) is 4.79 Å². The summed E-state index contributed by atoms with van der Waals surface area (Å²) in [6.45, 7) is 3.91. The van der Waals surface area contributed by atoms with E-state index in [1.165, 1.54) is 0 Å². The Morgan fingerprint density at radius 3 is 2.40 bits per heavy atom. The van der Waals surface area contributed by atoms with Gasteiger partial charge in [-0.3, -0.25) is 4.79 Å². The highest BCUT2D eigenvalue weighted by molar-refractivity contribution is 5.81. The molecule has 1 aliphatic rings. The van der Waals surface area contributed by atoms with Gasteiger partial charge in [-0.05, 0) is 5.92 Å². The summed E-state index contributed by atoms with van der Waals surface area (Å²) in [5.74, 6) is 0.376. The first kappa shape index (κ1) is 7.54. The van der Waals surface area contributed by atoms with E-state index in [4.69, 9.17) is 5.11 Å². The molecule has 1 rings (SSSR count). The topological polar surface area (TPSA) is 49.3 Å². The van der Waals surface area contributed by atoms with Crippen molar-refractivity contribution in [3.8, 4) is 0 Å². The van der Waals surface area contributed by atoms with E-state index in [1.54, 1.807) is 0 Å². The first-order valence-electron chi connectivity index (χ1n) is 3.58. The van der Waals surface area contributed by atoms with Crippen LogP contribution in [0.25, 0.3) is 0 Å². The highest BCUT2D eigenvalue weighted by atomic mass is 16.3. The zero-order chi connectivity index (χ0) is 7.72. The lowest BCUT2D eigenvalue weighted by Gasteiger charge is -2.12. The van der Waals surface area contributed by atoms with Crippen LogP contribution in [0.5, 0.6) is 0 Å². The van der Waals surface area contributed by atoms with Crippen LogP contribution in [0.3, 0.4) is 0 Å². The smallest absolute Gasteiger partial charge is 0.223 e. The van der Waals surface area contributed by atoms with Crippen molar-refractivity contribution >= 4 is 5.91 Å². The largest absolute Gasteiger partial charge is 0.394 e. The van der Waals surface area contributed by atoms with Gasteiger partial charge in [0.15, 0.2) is 0 Å². The van der Waals surface area contributed by atoms with Crippen LogP contribution < -0.4 is 5.32 Å². The number of rotatable bonds is 1. The Morgan fingerprint density at radius 2 is 2.20 bits per heavy atom. The second-order valence-corrected chi connectivity index (χ2v) is 2.95. The third kappa shape index (κ3) is 1.01. The maximum Gasteiger partial charge on any atom is 0.223 e. The van der Waals surface area contributed by atoms with E-state index in [9.17, 15) is 4.79 Å². The quantitative estimate of drug-likeness (QED) is 0.531. The number of aliphatic hydroxyl groups excluding tert-OH is 1. The molecule has 0 aromatic rings. The van der Waals surface area contributed by atoms with E-state index in [2.05, 4.69) is 5.32 Å². The van der Waals surface area contributed by atoms with Gasteiger partial charge in [-0.25, -0.2) is 0 Å². The Bertz CT molecular complexity index is 147. The zero-order valence-electron chi connectivity index (χ0n) is 6.29. The fourth-order valence-electron chi connectivity index (χ4n) is 1.24. The predicted octanol–water partition coefficient (Wildman–Crippen LogP) is -0.251. The highest BCUT2D eigenvalue weighted by Crippen LogP contribution is 2.21. The molecule has 0 aromatic carbocycles. The van der Waals surface area contributed by atoms with Gasteiger partial charge in [0.2, 0.25) is 5.91 Å². The Balaban J connectivity index is 2.61. The summed E-state index contributed by atoms with van der Waals surface area (Å²) >= 11 is 0. The number of aliphatic hydroxyl groups is 1. The summed E-state index contributed by atoms with van der Waals surface area (Å²) in [4.78, 5) is 10.9. The van der Waals surface area contributed by atoms with Crippen molar-refractivity contribution in [3.63, 3.8) is 0 Å². The molecule has 58 valence electrons. The van der Waals surface area contributed by atoms with Crippen molar-refractivity contribution < 1.29 is 9.90 Å². The molecule has 0 saturated carbocycles. The number of carbonyl (C=O) groups excluding carboxylic acids is 1. The Morgan fingerprint density at radius 1 is 1.60 bits per heavy atom. The van der Waals surface area contributed by atoms with E-state index in [0.717, 1.165) is 0 Å². The maximum atomic E-state index is 10.9. The fourth-order valence-corrected chi connectivity index (χ4v) is 1.24. The van der Waals surface area contributed by atoms with Crippen molar-refractivity contribution in [1.82, 2.24) is 5.32 Å². The molecule has 2 N–H and O–H groups in total. The summed E-state index contributed by atoms with van der Waals surface area (Å²) in [7, 11) is 0. The van der Waals surface area contributed by atoms with Gasteiger partial charge in [-0.2, -0.15) is 0 Å². The minimum atomic E-state index is -0.0255. The average Bonchev–Trinajstić information content (AvgIpc) is 2.17. The summed E-state index contributed by atoms with van der Waals surface area (Å²) in [5, 5.41) is 11.5. The Labute approximate surface area is 60.4 Å². The predicted molar refractivity (Wildman–Crippen MR) is 37.3 cm³/mol. The molecule has 1 aliphatic heterocycles. The van der Waals surface area contributed by atoms with Crippen LogP contribution in [0.2, 0.25) is 0 Å². The molecule has 10 heavy (non-hydrogen) atoms. The minimum absolute atomic E-state index is 0.0255. The first-order valence-corrected chi connectivity index (χ1v) is 3.58. The molecule has 0 unspecified atom stereocenters. The number of hydrogen-bond donors (Lipinski definition) is 2. The number of hydrogen-bond acceptors (Lipinski definition) is 2. The van der Waals surface area contributed by atoms with E-state index in [0.29, 0.717) is 0 Å². The van der Waals surface area contributed by atoms with Gasteiger partial charge >= 0.3 is 0 Å². The molecule has 1 saturated heterocycles. The molecular weight excluding hydrogens is 130 g/mol. The van der Waals surface area contributed by atoms with Crippen LogP contribution in [0.15, 0.2) is 0 Å². The maximum absolute atomic E-state index is 10.9. The lowest BCUT2D eigenvalue weighted by Crippen LogP contribution is -2.31. The molecule has 0 radical (unpaired) electrons. The van der Waals surface area contributed by atoms with Gasteiger partial charge in [0.25, 0.3) is 0 Å². The van der Waals surface area contributed by atoms with Gasteiger partial charge < -0.3 is 10.4 Å². The summed E-state index contributed by atoms with van der Waals surface area (Å²) in [6.07, 6.45) is 0. The van der Waals surface area contributed by atoms with E-state index >= 15 is 0 Å². The van der Waals surface area contributed by atoms with E-state index in [-0.39, 0.29) is 30.4 Å². The van der Waals surface area contributed by atoms with Crippen molar-refractivity contribution in [2.75, 3.05) is 6.61 Å². The van der Waals surface area contributed by atoms with Crippen LogP contribution in [-0.4, -0.2) is 23.7 Å². The SMILES string of the molecule is C[C@@H]1[C@H](C)C(=O)N[C@@H]1CO. The lowest BCUT2D eigenvalue weighted by molar-refractivity contribution is -0.122. The van der Waals surface area contributed by atoms with Gasteiger partial charge in [0.05, 0.1) is 12.6 Å². The van der Waals surface area contributed by atoms with Crippen LogP contribution in [0.4, 0.5) is 0 Å². The molecule has 1 amide bonds. The Kier molecular flexibility index (Phi) is 1.94. The minimum Gasteiger partial charge on any atom is -0.394 e. The molecule has 3 atom stereocenters. The standard InChI is InChI=1S/C7H13NO2/c1-4-5(2)7(10)8-6(4)3-9/h4-6,9H,3H2,1-2H3,(H,8,10)/t4-,5+,6-/m1/s1. The molecule has 0 aliphatic carbocycles. The van der Waals surface area contributed by atoms with Gasteiger partial charge in [-0.15, -0.1) is 0 Å². The van der Waals surface area contributed by atoms with Gasteiger partial charge in [0.1, 0.15) is 0 Å². The van der Waals surface area contributed by atoms with E-state index < -0.39 is 0 Å². The summed E-state index contributed by atoms with van der Waals surface area (Å²) in [5.41, 5.74) is 0. The molecule has 3 nitrogen and oxygen atoms in total. The third-order valence-electron chi connectivity index (χ3n) is 2.36. The lowest BCUT2D eigenvalue weighted by atomic mass is 9.94. The van der Waals surface area contributed by atoms with Crippen LogP contribution in [0.1, 0.15) is 13.8 Å². The monoisotopic (exact) mass is 143 g/mol. The van der Waals surface area contributed by atoms with Gasteiger partial charge in [0, 0.05) is 5.92 Å². The van der Waals surface area contributed by atoms with Crippen LogP contribution >= 0.6 is 0 Å². The van der Waals surface area contributed by atoms with Crippen molar-refractivity contribution in [2.45, 2.75) is 19.9 Å². The average molecular weight is 143 g/mol. The third-order valence-corrected chi connectivity index (χ3v) is 2.36. The van der Waals surface area contributed by atoms with Crippen molar-refractivity contribution in [3.05, 3.63) is 0 Å². The van der Waals surface area contributed by atoms with E-state index in [1.807, 2.05) is 13.8 Å². The number of amides is 1. The van der Waals surface area contributed by atoms with Gasteiger partial charge in [-0.1, -0.05) is 13.8 Å². The Hall–Kier alpha value is -0.570. The zero-order valence-corrected chi connectivity index (χ0v) is 6.29. The molecule has 1 heterocycles. The number of carbonyl (C=O) groups is 1. The fraction of sp³-hybridized carbons (Fsp3) is 0.857. The highest BCUT2D eigenvalue weighted by Gasteiger charge is 2.35. The molecule has 0 bridgehead atoms. The second kappa shape index (κ2) is 2.58.